The normalized spacial score (nSPS) is 22.7. The summed E-state index contributed by atoms with van der Waals surface area (Å²) in [4.78, 5) is 16.4. The van der Waals surface area contributed by atoms with Crippen LogP contribution in [0.1, 0.15) is 24.8 Å². The van der Waals surface area contributed by atoms with E-state index in [9.17, 15) is 18.5 Å². The van der Waals surface area contributed by atoms with Crippen molar-refractivity contribution >= 4 is 21.5 Å². The van der Waals surface area contributed by atoms with Crippen molar-refractivity contribution in [3.05, 3.63) is 27.9 Å². The smallest absolute Gasteiger partial charge is 0.287 e. The minimum Gasteiger partial charge on any atom is -0.355 e. The van der Waals surface area contributed by atoms with E-state index in [4.69, 9.17) is 0 Å². The first-order valence-corrected chi connectivity index (χ1v) is 9.25. The molecular weight excluding hydrogens is 320 g/mol. The molecule has 2 aliphatic heterocycles. The molecule has 0 aromatic carbocycles. The van der Waals surface area contributed by atoms with Crippen LogP contribution in [0.3, 0.4) is 0 Å². The van der Waals surface area contributed by atoms with Gasteiger partial charge >= 0.3 is 0 Å². The minimum absolute atomic E-state index is 0.0494. The maximum absolute atomic E-state index is 12.6. The number of anilines is 1. The third kappa shape index (κ3) is 3.02. The van der Waals surface area contributed by atoms with E-state index in [-0.39, 0.29) is 5.69 Å². The molecule has 0 N–H and O–H groups in total. The van der Waals surface area contributed by atoms with Crippen LogP contribution in [0, 0.1) is 17.0 Å². The van der Waals surface area contributed by atoms with Gasteiger partial charge in [-0.3, -0.25) is 10.1 Å². The van der Waals surface area contributed by atoms with Crippen molar-refractivity contribution in [1.29, 1.82) is 0 Å². The number of nitrogens with zero attached hydrogens (tertiary/aromatic N) is 4. The van der Waals surface area contributed by atoms with Crippen LogP contribution in [0.15, 0.2) is 12.3 Å². The Morgan fingerprint density at radius 2 is 2.00 bits per heavy atom. The molecule has 8 nitrogen and oxygen atoms in total. The van der Waals surface area contributed by atoms with E-state index < -0.39 is 20.2 Å². The lowest BCUT2D eigenvalue weighted by Crippen LogP contribution is -2.38. The van der Waals surface area contributed by atoms with Crippen molar-refractivity contribution in [3.8, 4) is 0 Å². The van der Waals surface area contributed by atoms with Crippen LogP contribution in [0.5, 0.6) is 0 Å². The Bertz CT molecular complexity index is 715. The molecule has 2 fully saturated rings. The molecule has 1 aromatic heterocycles. The standard InChI is InChI=1S/C14H20N4O4S/c1-11-8-12(18(19)20)9-15-14(11)16-7-4-13(10-16)23(21,22)17-5-2-3-6-17/h8-9,13H,2-7,10H2,1H3. The number of aromatic nitrogens is 1. The average Bonchev–Trinajstić information content (AvgIpc) is 3.19. The number of hydrogen-bond acceptors (Lipinski definition) is 6. The zero-order valence-electron chi connectivity index (χ0n) is 13.0. The number of pyridine rings is 1. The topological polar surface area (TPSA) is 96.6 Å². The maximum atomic E-state index is 12.6. The molecule has 3 rings (SSSR count). The van der Waals surface area contributed by atoms with Gasteiger partial charge in [0.2, 0.25) is 10.0 Å². The molecule has 2 saturated heterocycles. The lowest BCUT2D eigenvalue weighted by atomic mass is 10.2. The van der Waals surface area contributed by atoms with Crippen LogP contribution < -0.4 is 4.90 Å². The Labute approximate surface area is 135 Å². The number of hydrogen-bond donors (Lipinski definition) is 0. The quantitative estimate of drug-likeness (QED) is 0.605. The van der Waals surface area contributed by atoms with Crippen molar-refractivity contribution in [2.75, 3.05) is 31.1 Å². The second kappa shape index (κ2) is 6.04. The van der Waals surface area contributed by atoms with Gasteiger partial charge in [0, 0.05) is 32.2 Å². The minimum atomic E-state index is -3.26. The predicted molar refractivity (Wildman–Crippen MR) is 86.0 cm³/mol. The van der Waals surface area contributed by atoms with Gasteiger partial charge in [0.05, 0.1) is 10.2 Å². The van der Waals surface area contributed by atoms with E-state index in [1.807, 2.05) is 4.90 Å². The summed E-state index contributed by atoms with van der Waals surface area (Å²) in [5, 5.41) is 10.4. The van der Waals surface area contributed by atoms with Crippen molar-refractivity contribution < 1.29 is 13.3 Å². The summed E-state index contributed by atoms with van der Waals surface area (Å²) in [6, 6.07) is 1.48. The van der Waals surface area contributed by atoms with Gasteiger partial charge in [-0.2, -0.15) is 0 Å². The molecule has 0 spiro atoms. The van der Waals surface area contributed by atoms with Crippen LogP contribution in [-0.4, -0.2) is 54.1 Å². The molecule has 1 unspecified atom stereocenters. The highest BCUT2D eigenvalue weighted by Gasteiger charge is 2.38. The highest BCUT2D eigenvalue weighted by Crippen LogP contribution is 2.29. The fourth-order valence-corrected chi connectivity index (χ4v) is 5.26. The molecule has 1 atom stereocenters. The van der Waals surface area contributed by atoms with Crippen molar-refractivity contribution in [2.45, 2.75) is 31.4 Å². The van der Waals surface area contributed by atoms with Gasteiger partial charge < -0.3 is 4.90 Å². The monoisotopic (exact) mass is 340 g/mol. The highest BCUT2D eigenvalue weighted by atomic mass is 32.2. The fraction of sp³-hybridized carbons (Fsp3) is 0.643. The summed E-state index contributed by atoms with van der Waals surface area (Å²) >= 11 is 0. The van der Waals surface area contributed by atoms with Gasteiger partial charge in [0.15, 0.2) is 0 Å². The van der Waals surface area contributed by atoms with Crippen LogP contribution in [0.4, 0.5) is 11.5 Å². The summed E-state index contributed by atoms with van der Waals surface area (Å²) < 4.78 is 26.9. The van der Waals surface area contributed by atoms with Crippen molar-refractivity contribution in [3.63, 3.8) is 0 Å². The summed E-state index contributed by atoms with van der Waals surface area (Å²) in [5.41, 5.74) is 0.644. The van der Waals surface area contributed by atoms with E-state index in [0.717, 1.165) is 12.8 Å². The third-order valence-corrected chi connectivity index (χ3v) is 6.85. The van der Waals surface area contributed by atoms with Crippen LogP contribution in [0.25, 0.3) is 0 Å². The molecule has 126 valence electrons. The summed E-state index contributed by atoms with van der Waals surface area (Å²) in [6.07, 6.45) is 3.65. The van der Waals surface area contributed by atoms with Crippen molar-refractivity contribution in [2.24, 2.45) is 0 Å². The lowest BCUT2D eigenvalue weighted by Gasteiger charge is -2.22. The SMILES string of the molecule is Cc1cc([N+](=O)[O-])cnc1N1CCC(S(=O)(=O)N2CCCC2)C1. The Morgan fingerprint density at radius 3 is 2.61 bits per heavy atom. The van der Waals surface area contributed by atoms with Crippen LogP contribution >= 0.6 is 0 Å². The van der Waals surface area contributed by atoms with Gasteiger partial charge in [-0.05, 0) is 31.7 Å². The zero-order valence-corrected chi connectivity index (χ0v) is 13.8. The predicted octanol–water partition coefficient (Wildman–Crippen LogP) is 1.30. The Morgan fingerprint density at radius 1 is 1.30 bits per heavy atom. The number of aryl methyl sites for hydroxylation is 1. The number of sulfonamides is 1. The second-order valence-corrected chi connectivity index (χ2v) is 8.31. The molecule has 0 radical (unpaired) electrons. The van der Waals surface area contributed by atoms with E-state index in [1.165, 1.54) is 12.3 Å². The van der Waals surface area contributed by atoms with Crippen molar-refractivity contribution in [1.82, 2.24) is 9.29 Å². The maximum Gasteiger partial charge on any atom is 0.287 e. The van der Waals surface area contributed by atoms with Gasteiger partial charge in [-0.1, -0.05) is 0 Å². The van der Waals surface area contributed by atoms with Gasteiger partial charge in [0.25, 0.3) is 5.69 Å². The van der Waals surface area contributed by atoms with Crippen LogP contribution in [-0.2, 0) is 10.0 Å². The highest BCUT2D eigenvalue weighted by molar-refractivity contribution is 7.89. The zero-order chi connectivity index (χ0) is 16.6. The summed E-state index contributed by atoms with van der Waals surface area (Å²) in [5.74, 6) is 0.634. The van der Waals surface area contributed by atoms with Gasteiger partial charge in [-0.15, -0.1) is 0 Å². The molecule has 23 heavy (non-hydrogen) atoms. The van der Waals surface area contributed by atoms with Gasteiger partial charge in [0.1, 0.15) is 12.0 Å². The first-order valence-electron chi connectivity index (χ1n) is 7.74. The Hall–Kier alpha value is -1.74. The number of rotatable bonds is 4. The molecule has 0 saturated carbocycles. The lowest BCUT2D eigenvalue weighted by molar-refractivity contribution is -0.385. The molecule has 2 aliphatic rings. The summed E-state index contributed by atoms with van der Waals surface area (Å²) in [7, 11) is -3.26. The van der Waals surface area contributed by atoms with E-state index in [2.05, 4.69) is 4.98 Å². The van der Waals surface area contributed by atoms with E-state index in [1.54, 1.807) is 11.2 Å². The Balaban J connectivity index is 1.76. The average molecular weight is 340 g/mol. The first kappa shape index (κ1) is 16.1. The molecule has 0 amide bonds. The molecule has 1 aromatic rings. The van der Waals surface area contributed by atoms with Gasteiger partial charge in [-0.25, -0.2) is 17.7 Å². The Kier molecular flexibility index (Phi) is 4.24. The third-order valence-electron chi connectivity index (χ3n) is 4.54. The summed E-state index contributed by atoms with van der Waals surface area (Å²) in [6.45, 7) is 3.99. The molecular formula is C14H20N4O4S. The second-order valence-electron chi connectivity index (χ2n) is 6.10. The largest absolute Gasteiger partial charge is 0.355 e. The van der Waals surface area contributed by atoms with E-state index >= 15 is 0 Å². The first-order chi connectivity index (χ1) is 10.9. The van der Waals surface area contributed by atoms with E-state index in [0.29, 0.717) is 44.0 Å². The number of nitro groups is 1. The molecule has 9 heteroatoms. The molecule has 3 heterocycles. The van der Waals surface area contributed by atoms with Crippen LogP contribution in [0.2, 0.25) is 0 Å². The fourth-order valence-electron chi connectivity index (χ4n) is 3.30. The molecule has 0 aliphatic carbocycles. The molecule has 0 bridgehead atoms.